The largest absolute Gasteiger partial charge is 0.101 e. The van der Waals surface area contributed by atoms with E-state index in [0.717, 1.165) is 5.56 Å². The van der Waals surface area contributed by atoms with Crippen LogP contribution in [0.3, 0.4) is 0 Å². The van der Waals surface area contributed by atoms with E-state index in [1.807, 2.05) is 19.1 Å². The minimum absolute atomic E-state index is 1.09. The minimum atomic E-state index is 1.09. The van der Waals surface area contributed by atoms with E-state index in [9.17, 15) is 0 Å². The molecular weight excluding hydrogens is 120 g/mol. The van der Waals surface area contributed by atoms with Crippen molar-refractivity contribution >= 4 is 0 Å². The molecule has 0 nitrogen and oxygen atoms in total. The summed E-state index contributed by atoms with van der Waals surface area (Å²) >= 11 is 0. The van der Waals surface area contributed by atoms with Crippen LogP contribution in [0.25, 0.3) is 0 Å². The lowest BCUT2D eigenvalue weighted by Crippen LogP contribution is -1.73. The van der Waals surface area contributed by atoms with Gasteiger partial charge in [0.1, 0.15) is 0 Å². The van der Waals surface area contributed by atoms with Crippen LogP contribution in [0.2, 0.25) is 0 Å². The molecule has 0 aliphatic carbocycles. The maximum Gasteiger partial charge on any atom is 0.0245 e. The second-order valence-electron chi connectivity index (χ2n) is 2.24. The number of aryl methyl sites for hydroxylation is 1. The summed E-state index contributed by atoms with van der Waals surface area (Å²) in [5, 5.41) is 0. The fraction of sp³-hybridized carbons (Fsp3) is 0.200. The Labute approximate surface area is 61.9 Å². The maximum absolute atomic E-state index is 2.98. The summed E-state index contributed by atoms with van der Waals surface area (Å²) in [5.41, 5.74) is 2.37. The van der Waals surface area contributed by atoms with Crippen LogP contribution >= 0.6 is 0 Å². The molecule has 0 aliphatic rings. The molecule has 50 valence electrons. The predicted octanol–water partition coefficient (Wildman–Crippen LogP) is 2.37. The highest BCUT2D eigenvalue weighted by Crippen LogP contribution is 2.00. The Morgan fingerprint density at radius 2 is 1.70 bits per heavy atom. The summed E-state index contributed by atoms with van der Waals surface area (Å²) in [7, 11) is 0. The highest BCUT2D eigenvalue weighted by molar-refractivity contribution is 5.35. The van der Waals surface area contributed by atoms with Gasteiger partial charge in [-0.1, -0.05) is 23.6 Å². The van der Waals surface area contributed by atoms with Gasteiger partial charge in [-0.2, -0.15) is 0 Å². The van der Waals surface area contributed by atoms with Gasteiger partial charge in [-0.15, -0.1) is 5.92 Å². The molecule has 1 rings (SSSR count). The monoisotopic (exact) mass is 130 g/mol. The molecule has 0 saturated carbocycles. The molecule has 0 fully saturated rings. The first-order valence-corrected chi connectivity index (χ1v) is 3.32. The lowest BCUT2D eigenvalue weighted by molar-refractivity contribution is 1.46. The first kappa shape index (κ1) is 6.89. The molecule has 1 aromatic carbocycles. The fourth-order valence-electron chi connectivity index (χ4n) is 0.781. The summed E-state index contributed by atoms with van der Waals surface area (Å²) in [5.74, 6) is 5.84. The minimum Gasteiger partial charge on any atom is -0.101 e. The third kappa shape index (κ3) is 1.63. The highest BCUT2D eigenvalue weighted by atomic mass is 13.9. The van der Waals surface area contributed by atoms with Crippen molar-refractivity contribution in [2.75, 3.05) is 0 Å². The zero-order valence-corrected chi connectivity index (χ0v) is 6.31. The number of hydrogen-bond donors (Lipinski definition) is 0. The molecule has 1 aromatic rings. The average Bonchev–Trinajstić information content (AvgIpc) is 1.95. The van der Waals surface area contributed by atoms with E-state index < -0.39 is 0 Å². The van der Waals surface area contributed by atoms with Crippen LogP contribution in [-0.2, 0) is 0 Å². The molecule has 0 amide bonds. The van der Waals surface area contributed by atoms with Gasteiger partial charge >= 0.3 is 0 Å². The first-order chi connectivity index (χ1) is 4.83. The van der Waals surface area contributed by atoms with Crippen LogP contribution in [0.15, 0.2) is 24.3 Å². The van der Waals surface area contributed by atoms with E-state index in [-0.39, 0.29) is 0 Å². The summed E-state index contributed by atoms with van der Waals surface area (Å²) < 4.78 is 0. The van der Waals surface area contributed by atoms with Gasteiger partial charge in [0, 0.05) is 5.56 Å². The van der Waals surface area contributed by atoms with Crippen molar-refractivity contribution in [2.24, 2.45) is 0 Å². The maximum atomic E-state index is 2.98. The Balaban J connectivity index is 2.97. The van der Waals surface area contributed by atoms with Crippen LogP contribution in [0.4, 0.5) is 0 Å². The quantitative estimate of drug-likeness (QED) is 0.473. The highest BCUT2D eigenvalue weighted by Gasteiger charge is 1.83. The van der Waals surface area contributed by atoms with Crippen LogP contribution in [0, 0.1) is 18.8 Å². The van der Waals surface area contributed by atoms with Crippen molar-refractivity contribution in [3.63, 3.8) is 0 Å². The summed E-state index contributed by atoms with van der Waals surface area (Å²) in [4.78, 5) is 0. The van der Waals surface area contributed by atoms with E-state index in [4.69, 9.17) is 0 Å². The van der Waals surface area contributed by atoms with E-state index in [1.165, 1.54) is 5.56 Å². The van der Waals surface area contributed by atoms with Crippen LogP contribution < -0.4 is 0 Å². The normalized spacial score (nSPS) is 8.20. The number of benzene rings is 1. The van der Waals surface area contributed by atoms with Crippen LogP contribution in [-0.4, -0.2) is 0 Å². The van der Waals surface area contributed by atoms with Crippen molar-refractivity contribution in [3.8, 4) is 11.8 Å². The second kappa shape index (κ2) is 3.08. The second-order valence-corrected chi connectivity index (χ2v) is 2.24. The van der Waals surface area contributed by atoms with Crippen LogP contribution in [0.1, 0.15) is 18.1 Å². The SMILES string of the molecule is CC#Cc1ccc(C)cc1. The fourth-order valence-corrected chi connectivity index (χ4v) is 0.781. The van der Waals surface area contributed by atoms with Gasteiger partial charge < -0.3 is 0 Å². The molecule has 0 atom stereocenters. The standard InChI is InChI=1S/C10H10/c1-3-4-10-7-5-9(2)6-8-10/h5-8H,1-2H3. The average molecular weight is 130 g/mol. The Morgan fingerprint density at radius 3 is 2.20 bits per heavy atom. The van der Waals surface area contributed by atoms with Gasteiger partial charge in [-0.25, -0.2) is 0 Å². The lowest BCUT2D eigenvalue weighted by atomic mass is 10.2. The van der Waals surface area contributed by atoms with E-state index in [0.29, 0.717) is 0 Å². The van der Waals surface area contributed by atoms with Gasteiger partial charge in [0.15, 0.2) is 0 Å². The van der Waals surface area contributed by atoms with Crippen molar-refractivity contribution in [1.82, 2.24) is 0 Å². The first-order valence-electron chi connectivity index (χ1n) is 3.32. The number of rotatable bonds is 0. The number of hydrogen-bond acceptors (Lipinski definition) is 0. The zero-order valence-electron chi connectivity index (χ0n) is 6.31. The Hall–Kier alpha value is -1.22. The van der Waals surface area contributed by atoms with Crippen molar-refractivity contribution in [2.45, 2.75) is 13.8 Å². The molecule has 0 spiro atoms. The zero-order chi connectivity index (χ0) is 7.40. The molecule has 0 aliphatic heterocycles. The Bertz CT molecular complexity index is 256. The van der Waals surface area contributed by atoms with Crippen molar-refractivity contribution < 1.29 is 0 Å². The van der Waals surface area contributed by atoms with Crippen LogP contribution in [0.5, 0.6) is 0 Å². The molecule has 0 bridgehead atoms. The van der Waals surface area contributed by atoms with Crippen molar-refractivity contribution in [1.29, 1.82) is 0 Å². The van der Waals surface area contributed by atoms with Crippen molar-refractivity contribution in [3.05, 3.63) is 35.4 Å². The third-order valence-electron chi connectivity index (χ3n) is 1.32. The van der Waals surface area contributed by atoms with Gasteiger partial charge in [0.2, 0.25) is 0 Å². The molecule has 0 unspecified atom stereocenters. The van der Waals surface area contributed by atoms with Gasteiger partial charge in [-0.05, 0) is 26.0 Å². The third-order valence-corrected chi connectivity index (χ3v) is 1.32. The van der Waals surface area contributed by atoms with E-state index in [2.05, 4.69) is 30.9 Å². The molecule has 0 heteroatoms. The predicted molar refractivity (Wildman–Crippen MR) is 43.7 cm³/mol. The molecule has 0 N–H and O–H groups in total. The molecule has 0 heterocycles. The van der Waals surface area contributed by atoms with E-state index >= 15 is 0 Å². The van der Waals surface area contributed by atoms with E-state index in [1.54, 1.807) is 0 Å². The molecule has 0 radical (unpaired) electrons. The van der Waals surface area contributed by atoms with Gasteiger partial charge in [0.25, 0.3) is 0 Å². The molecule has 0 aromatic heterocycles. The van der Waals surface area contributed by atoms with Gasteiger partial charge in [0.05, 0.1) is 0 Å². The Morgan fingerprint density at radius 1 is 1.10 bits per heavy atom. The summed E-state index contributed by atoms with van der Waals surface area (Å²) in [6, 6.07) is 8.21. The summed E-state index contributed by atoms with van der Waals surface area (Å²) in [6.45, 7) is 3.92. The smallest absolute Gasteiger partial charge is 0.0245 e. The molecule has 10 heavy (non-hydrogen) atoms. The molecule has 0 saturated heterocycles. The molecular formula is C10H10. The Kier molecular flexibility index (Phi) is 2.12. The van der Waals surface area contributed by atoms with Gasteiger partial charge in [-0.3, -0.25) is 0 Å². The topological polar surface area (TPSA) is 0 Å². The summed E-state index contributed by atoms with van der Waals surface area (Å²) in [6.07, 6.45) is 0. The lowest BCUT2D eigenvalue weighted by Gasteiger charge is -1.90.